The summed E-state index contributed by atoms with van der Waals surface area (Å²) < 4.78 is 0. The van der Waals surface area contributed by atoms with Crippen molar-refractivity contribution in [3.63, 3.8) is 0 Å². The van der Waals surface area contributed by atoms with Gasteiger partial charge in [-0.2, -0.15) is 11.8 Å². The molecule has 0 bridgehead atoms. The molecule has 16 heavy (non-hydrogen) atoms. The molecule has 1 aliphatic heterocycles. The van der Waals surface area contributed by atoms with E-state index < -0.39 is 0 Å². The first-order valence-corrected chi connectivity index (χ1v) is 8.03. The summed E-state index contributed by atoms with van der Waals surface area (Å²) in [6, 6.07) is 0. The summed E-state index contributed by atoms with van der Waals surface area (Å²) in [5.41, 5.74) is 0. The second-order valence-electron chi connectivity index (χ2n) is 5.35. The van der Waals surface area contributed by atoms with Crippen molar-refractivity contribution in [3.8, 4) is 0 Å². The number of rotatable bonds is 7. The Balaban J connectivity index is 2.12. The molecule has 1 saturated heterocycles. The smallest absolute Gasteiger partial charge is 0.00724 e. The maximum Gasteiger partial charge on any atom is 0.00724 e. The topological polar surface area (TPSA) is 15.3 Å². The fraction of sp³-hybridized carbons (Fsp3) is 1.00. The highest BCUT2D eigenvalue weighted by Crippen LogP contribution is 2.15. The van der Waals surface area contributed by atoms with E-state index in [-0.39, 0.29) is 0 Å². The first kappa shape index (κ1) is 14.3. The molecule has 1 N–H and O–H groups in total. The monoisotopic (exact) mass is 244 g/mol. The minimum Gasteiger partial charge on any atom is -0.316 e. The molecule has 3 heteroatoms. The highest BCUT2D eigenvalue weighted by Gasteiger charge is 2.18. The van der Waals surface area contributed by atoms with Crippen molar-refractivity contribution in [1.29, 1.82) is 0 Å². The van der Waals surface area contributed by atoms with Crippen molar-refractivity contribution in [1.82, 2.24) is 10.2 Å². The van der Waals surface area contributed by atoms with Gasteiger partial charge in [0.25, 0.3) is 0 Å². The summed E-state index contributed by atoms with van der Waals surface area (Å²) in [6.45, 7) is 10.8. The molecule has 1 atom stereocenters. The van der Waals surface area contributed by atoms with Gasteiger partial charge in [0.1, 0.15) is 0 Å². The Morgan fingerprint density at radius 3 is 2.94 bits per heavy atom. The maximum absolute atomic E-state index is 3.60. The predicted octanol–water partition coefficient (Wildman–Crippen LogP) is 2.31. The van der Waals surface area contributed by atoms with Crippen molar-refractivity contribution < 1.29 is 0 Å². The van der Waals surface area contributed by atoms with Crippen LogP contribution in [0.4, 0.5) is 0 Å². The molecule has 0 spiro atoms. The fourth-order valence-electron chi connectivity index (χ4n) is 2.32. The SMILES string of the molecule is CSCCN1CCCC(CNCC(C)C)C1. The second-order valence-corrected chi connectivity index (χ2v) is 6.34. The van der Waals surface area contributed by atoms with Gasteiger partial charge in [0, 0.05) is 18.8 Å². The number of piperidine rings is 1. The van der Waals surface area contributed by atoms with E-state index in [1.165, 1.54) is 51.3 Å². The van der Waals surface area contributed by atoms with Gasteiger partial charge in [0.05, 0.1) is 0 Å². The number of nitrogens with one attached hydrogen (secondary N) is 1. The van der Waals surface area contributed by atoms with E-state index in [1.54, 1.807) is 0 Å². The highest BCUT2D eigenvalue weighted by molar-refractivity contribution is 7.98. The minimum absolute atomic E-state index is 0.774. The first-order valence-electron chi connectivity index (χ1n) is 6.64. The Labute approximate surface area is 106 Å². The van der Waals surface area contributed by atoms with Crippen LogP contribution in [-0.4, -0.2) is 49.6 Å². The standard InChI is InChI=1S/C13H28N2S/c1-12(2)9-14-10-13-5-4-6-15(11-13)7-8-16-3/h12-14H,4-11H2,1-3H3. The summed E-state index contributed by atoms with van der Waals surface area (Å²) in [5, 5.41) is 3.60. The van der Waals surface area contributed by atoms with Gasteiger partial charge in [-0.15, -0.1) is 0 Å². The number of nitrogens with zero attached hydrogens (tertiary/aromatic N) is 1. The molecular weight excluding hydrogens is 216 g/mol. The van der Waals surface area contributed by atoms with Crippen molar-refractivity contribution >= 4 is 11.8 Å². The van der Waals surface area contributed by atoms with Crippen molar-refractivity contribution in [3.05, 3.63) is 0 Å². The van der Waals surface area contributed by atoms with E-state index in [0.717, 1.165) is 11.8 Å². The molecule has 1 unspecified atom stereocenters. The van der Waals surface area contributed by atoms with Gasteiger partial charge in [-0.1, -0.05) is 13.8 Å². The zero-order chi connectivity index (χ0) is 11.8. The normalized spacial score (nSPS) is 22.9. The largest absolute Gasteiger partial charge is 0.316 e. The van der Waals surface area contributed by atoms with Crippen molar-refractivity contribution in [2.45, 2.75) is 26.7 Å². The van der Waals surface area contributed by atoms with E-state index >= 15 is 0 Å². The van der Waals surface area contributed by atoms with Crippen LogP contribution in [0, 0.1) is 11.8 Å². The summed E-state index contributed by atoms with van der Waals surface area (Å²) in [5.74, 6) is 2.94. The zero-order valence-corrected chi connectivity index (χ0v) is 12.0. The first-order chi connectivity index (χ1) is 7.72. The number of thioether (sulfide) groups is 1. The Morgan fingerprint density at radius 1 is 1.44 bits per heavy atom. The molecule has 0 saturated carbocycles. The van der Waals surface area contributed by atoms with E-state index in [0.29, 0.717) is 0 Å². The van der Waals surface area contributed by atoms with Crippen LogP contribution < -0.4 is 5.32 Å². The van der Waals surface area contributed by atoms with Gasteiger partial charge in [-0.25, -0.2) is 0 Å². The molecule has 0 aromatic carbocycles. The molecule has 1 heterocycles. The lowest BCUT2D eigenvalue weighted by atomic mass is 9.98. The summed E-state index contributed by atoms with van der Waals surface area (Å²) in [6.07, 6.45) is 5.01. The molecule has 1 fully saturated rings. The predicted molar refractivity (Wildman–Crippen MR) is 75.3 cm³/mol. The van der Waals surface area contributed by atoms with Crippen molar-refractivity contribution in [2.24, 2.45) is 11.8 Å². The third-order valence-corrected chi connectivity index (χ3v) is 3.79. The molecule has 0 aromatic heterocycles. The third-order valence-electron chi connectivity index (χ3n) is 3.20. The third kappa shape index (κ3) is 6.12. The van der Waals surface area contributed by atoms with Crippen LogP contribution in [0.25, 0.3) is 0 Å². The lowest BCUT2D eigenvalue weighted by Gasteiger charge is -2.32. The molecule has 1 aliphatic rings. The number of likely N-dealkylation sites (tertiary alicyclic amines) is 1. The fourth-order valence-corrected chi connectivity index (χ4v) is 2.76. The van der Waals surface area contributed by atoms with Gasteiger partial charge in [0.15, 0.2) is 0 Å². The molecule has 0 radical (unpaired) electrons. The van der Waals surface area contributed by atoms with Crippen LogP contribution in [0.1, 0.15) is 26.7 Å². The summed E-state index contributed by atoms with van der Waals surface area (Å²) >= 11 is 1.96. The molecule has 0 aromatic rings. The average molecular weight is 244 g/mol. The highest BCUT2D eigenvalue weighted by atomic mass is 32.2. The van der Waals surface area contributed by atoms with Crippen LogP contribution in [0.15, 0.2) is 0 Å². The van der Waals surface area contributed by atoms with Gasteiger partial charge in [0.2, 0.25) is 0 Å². The molecule has 96 valence electrons. The van der Waals surface area contributed by atoms with Crippen LogP contribution in [0.3, 0.4) is 0 Å². The molecule has 0 aliphatic carbocycles. The van der Waals surface area contributed by atoms with Gasteiger partial charge in [-0.3, -0.25) is 0 Å². The zero-order valence-electron chi connectivity index (χ0n) is 11.2. The van der Waals surface area contributed by atoms with Gasteiger partial charge in [-0.05, 0) is 50.6 Å². The van der Waals surface area contributed by atoms with Crippen molar-refractivity contribution in [2.75, 3.05) is 44.7 Å². The van der Waals surface area contributed by atoms with Crippen LogP contribution >= 0.6 is 11.8 Å². The number of hydrogen-bond acceptors (Lipinski definition) is 3. The average Bonchev–Trinajstić information content (AvgIpc) is 2.26. The second kappa shape index (κ2) is 8.37. The number of hydrogen-bond donors (Lipinski definition) is 1. The molecular formula is C13H28N2S. The Bertz CT molecular complexity index is 173. The van der Waals surface area contributed by atoms with E-state index in [4.69, 9.17) is 0 Å². The lowest BCUT2D eigenvalue weighted by molar-refractivity contribution is 0.181. The summed E-state index contributed by atoms with van der Waals surface area (Å²) in [4.78, 5) is 2.64. The van der Waals surface area contributed by atoms with E-state index in [2.05, 4.69) is 30.3 Å². The van der Waals surface area contributed by atoms with E-state index in [1.807, 2.05) is 11.8 Å². The minimum atomic E-state index is 0.774. The van der Waals surface area contributed by atoms with Gasteiger partial charge >= 0.3 is 0 Å². The van der Waals surface area contributed by atoms with Crippen LogP contribution in [0.2, 0.25) is 0 Å². The quantitative estimate of drug-likeness (QED) is 0.740. The van der Waals surface area contributed by atoms with E-state index in [9.17, 15) is 0 Å². The van der Waals surface area contributed by atoms with Gasteiger partial charge < -0.3 is 10.2 Å². The lowest BCUT2D eigenvalue weighted by Crippen LogP contribution is -2.41. The summed E-state index contributed by atoms with van der Waals surface area (Å²) in [7, 11) is 0. The maximum atomic E-state index is 3.60. The molecule has 0 amide bonds. The Kier molecular flexibility index (Phi) is 7.50. The van der Waals surface area contributed by atoms with Crippen LogP contribution in [0.5, 0.6) is 0 Å². The molecule has 2 nitrogen and oxygen atoms in total. The Morgan fingerprint density at radius 2 is 2.25 bits per heavy atom. The molecule has 1 rings (SSSR count). The Hall–Kier alpha value is 0.270. The van der Waals surface area contributed by atoms with Crippen LogP contribution in [-0.2, 0) is 0 Å².